The molecule has 15 heavy (non-hydrogen) atoms. The Hall–Kier alpha value is -1.44. The second kappa shape index (κ2) is 6.12. The van der Waals surface area contributed by atoms with Gasteiger partial charge in [-0.3, -0.25) is 0 Å². The lowest BCUT2D eigenvalue weighted by molar-refractivity contribution is 0.173. The van der Waals surface area contributed by atoms with Gasteiger partial charge in [0.25, 0.3) is 0 Å². The Bertz CT molecular complexity index is 308. The van der Waals surface area contributed by atoms with Crippen LogP contribution >= 0.6 is 0 Å². The number of nitrogens with two attached hydrogens (primary N) is 1. The number of ether oxygens (including phenoxy) is 2. The summed E-state index contributed by atoms with van der Waals surface area (Å²) in [7, 11) is 1.54. The number of nitrogen functional groups attached to an aromatic ring is 1. The molecule has 4 N–H and O–H groups in total. The number of nitrogens with zero attached hydrogens (tertiary/aromatic N) is 2. The third kappa shape index (κ3) is 3.66. The van der Waals surface area contributed by atoms with Crippen LogP contribution in [0.4, 0.5) is 5.82 Å². The quantitative estimate of drug-likeness (QED) is 0.424. The normalized spacial score (nSPS) is 10.1. The van der Waals surface area contributed by atoms with Crippen LogP contribution in [0.25, 0.3) is 0 Å². The van der Waals surface area contributed by atoms with Gasteiger partial charge in [-0.2, -0.15) is 4.98 Å². The molecule has 0 aromatic carbocycles. The largest absolute Gasteiger partial charge is 0.475 e. The second-order valence-corrected chi connectivity index (χ2v) is 2.66. The minimum atomic E-state index is -0.0744. The summed E-state index contributed by atoms with van der Waals surface area (Å²) < 4.78 is 10.0. The van der Waals surface area contributed by atoms with Crippen LogP contribution in [0.2, 0.25) is 0 Å². The fourth-order valence-electron chi connectivity index (χ4n) is 0.964. The number of nitrogens with one attached hydrogen (secondary N) is 1. The van der Waals surface area contributed by atoms with E-state index in [9.17, 15) is 0 Å². The Kier molecular flexibility index (Phi) is 4.75. The zero-order chi connectivity index (χ0) is 11.1. The van der Waals surface area contributed by atoms with Crippen molar-refractivity contribution in [2.24, 2.45) is 5.84 Å². The number of hydrogen-bond donors (Lipinski definition) is 3. The summed E-state index contributed by atoms with van der Waals surface area (Å²) in [4.78, 5) is 8.08. The fourth-order valence-corrected chi connectivity index (χ4v) is 0.964. The van der Waals surface area contributed by atoms with Crippen molar-refractivity contribution in [3.8, 4) is 5.88 Å². The maximum absolute atomic E-state index is 8.59. The molecular weight excluding hydrogens is 200 g/mol. The van der Waals surface area contributed by atoms with Gasteiger partial charge < -0.3 is 20.0 Å². The van der Waals surface area contributed by atoms with Crippen molar-refractivity contribution in [3.05, 3.63) is 11.9 Å². The Labute approximate surface area is 87.2 Å². The molecule has 0 saturated heterocycles. The van der Waals surface area contributed by atoms with E-state index in [1.54, 1.807) is 7.11 Å². The summed E-state index contributed by atoms with van der Waals surface area (Å²) in [6, 6.07) is 1.54. The molecule has 0 unspecified atom stereocenters. The van der Waals surface area contributed by atoms with Crippen molar-refractivity contribution >= 4 is 5.82 Å². The summed E-state index contributed by atoms with van der Waals surface area (Å²) in [5.41, 5.74) is 2.39. The highest BCUT2D eigenvalue weighted by atomic mass is 16.5. The summed E-state index contributed by atoms with van der Waals surface area (Å²) in [5, 5.41) is 8.59. The van der Waals surface area contributed by atoms with Crippen LogP contribution in [0.5, 0.6) is 5.88 Å². The standard InChI is InChI=1S/C8H14N4O3/c1-14-5-7-10-6(12-9)4-8(11-7)15-3-2-13/h4,13H,2-3,5,9H2,1H3,(H,10,11,12). The smallest absolute Gasteiger partial charge is 0.218 e. The molecule has 1 aromatic heterocycles. The second-order valence-electron chi connectivity index (χ2n) is 2.66. The van der Waals surface area contributed by atoms with Crippen molar-refractivity contribution < 1.29 is 14.6 Å². The number of rotatable bonds is 6. The van der Waals surface area contributed by atoms with E-state index in [0.717, 1.165) is 0 Å². The van der Waals surface area contributed by atoms with Gasteiger partial charge in [0.2, 0.25) is 5.88 Å². The van der Waals surface area contributed by atoms with E-state index in [1.807, 2.05) is 0 Å². The van der Waals surface area contributed by atoms with E-state index in [-0.39, 0.29) is 19.8 Å². The molecule has 0 radical (unpaired) electrons. The Morgan fingerprint density at radius 3 is 2.93 bits per heavy atom. The van der Waals surface area contributed by atoms with Gasteiger partial charge >= 0.3 is 0 Å². The van der Waals surface area contributed by atoms with E-state index < -0.39 is 0 Å². The SMILES string of the molecule is COCc1nc(NN)cc(OCCO)n1. The average Bonchev–Trinajstić information content (AvgIpc) is 2.26. The van der Waals surface area contributed by atoms with Crippen LogP contribution in [-0.2, 0) is 11.3 Å². The minimum absolute atomic E-state index is 0.0744. The third-order valence-electron chi connectivity index (χ3n) is 1.51. The van der Waals surface area contributed by atoms with Gasteiger partial charge in [-0.25, -0.2) is 10.8 Å². The maximum atomic E-state index is 8.59. The van der Waals surface area contributed by atoms with Crippen molar-refractivity contribution in [3.63, 3.8) is 0 Å². The van der Waals surface area contributed by atoms with Gasteiger partial charge in [0.05, 0.1) is 6.61 Å². The molecule has 0 aliphatic carbocycles. The van der Waals surface area contributed by atoms with Crippen LogP contribution in [0, 0.1) is 0 Å². The van der Waals surface area contributed by atoms with Gasteiger partial charge in [-0.15, -0.1) is 0 Å². The Morgan fingerprint density at radius 1 is 1.53 bits per heavy atom. The lowest BCUT2D eigenvalue weighted by Gasteiger charge is -2.07. The number of aliphatic hydroxyl groups excluding tert-OH is 1. The molecule has 7 heteroatoms. The fraction of sp³-hybridized carbons (Fsp3) is 0.500. The highest BCUT2D eigenvalue weighted by Gasteiger charge is 2.04. The molecule has 0 bridgehead atoms. The molecule has 0 amide bonds. The highest BCUT2D eigenvalue weighted by molar-refractivity contribution is 5.36. The summed E-state index contributed by atoms with van der Waals surface area (Å²) in [5.74, 6) is 6.47. The van der Waals surface area contributed by atoms with Crippen LogP contribution in [0.15, 0.2) is 6.07 Å². The summed E-state index contributed by atoms with van der Waals surface area (Å²) in [6.07, 6.45) is 0. The van der Waals surface area contributed by atoms with E-state index in [1.165, 1.54) is 6.07 Å². The van der Waals surface area contributed by atoms with Crippen molar-refractivity contribution in [1.82, 2.24) is 9.97 Å². The first kappa shape index (κ1) is 11.6. The summed E-state index contributed by atoms with van der Waals surface area (Å²) >= 11 is 0. The molecule has 0 atom stereocenters. The first-order valence-electron chi connectivity index (χ1n) is 4.37. The molecule has 0 saturated carbocycles. The van der Waals surface area contributed by atoms with Gasteiger partial charge in [-0.1, -0.05) is 0 Å². The predicted molar refractivity (Wildman–Crippen MR) is 53.1 cm³/mol. The monoisotopic (exact) mass is 214 g/mol. The van der Waals surface area contributed by atoms with Crippen LogP contribution < -0.4 is 16.0 Å². The van der Waals surface area contributed by atoms with Crippen molar-refractivity contribution in [2.45, 2.75) is 6.61 Å². The van der Waals surface area contributed by atoms with E-state index in [4.69, 9.17) is 20.4 Å². The van der Waals surface area contributed by atoms with Gasteiger partial charge in [0, 0.05) is 13.2 Å². The topological polar surface area (TPSA) is 103 Å². The maximum Gasteiger partial charge on any atom is 0.218 e. The molecule has 84 valence electrons. The number of aliphatic hydroxyl groups is 1. The minimum Gasteiger partial charge on any atom is -0.475 e. The van der Waals surface area contributed by atoms with E-state index in [0.29, 0.717) is 17.5 Å². The third-order valence-corrected chi connectivity index (χ3v) is 1.51. The number of aromatic nitrogens is 2. The molecule has 0 spiro atoms. The molecule has 0 fully saturated rings. The molecule has 1 rings (SSSR count). The highest BCUT2D eigenvalue weighted by Crippen LogP contribution is 2.12. The molecule has 7 nitrogen and oxygen atoms in total. The first-order valence-corrected chi connectivity index (χ1v) is 4.37. The van der Waals surface area contributed by atoms with Crippen LogP contribution in [0.1, 0.15) is 5.82 Å². The van der Waals surface area contributed by atoms with Gasteiger partial charge in [0.1, 0.15) is 19.0 Å². The van der Waals surface area contributed by atoms with Gasteiger partial charge in [-0.05, 0) is 0 Å². The lowest BCUT2D eigenvalue weighted by atomic mass is 10.5. The molecule has 0 aliphatic heterocycles. The zero-order valence-electron chi connectivity index (χ0n) is 8.43. The van der Waals surface area contributed by atoms with Gasteiger partial charge in [0.15, 0.2) is 5.82 Å². The number of hydrogen-bond acceptors (Lipinski definition) is 7. The molecule has 0 aliphatic rings. The number of hydrazine groups is 1. The molecular formula is C8H14N4O3. The van der Waals surface area contributed by atoms with Crippen molar-refractivity contribution in [2.75, 3.05) is 25.7 Å². The molecule has 1 aromatic rings. The average molecular weight is 214 g/mol. The number of anilines is 1. The number of methoxy groups -OCH3 is 1. The Balaban J connectivity index is 2.79. The molecule has 1 heterocycles. The summed E-state index contributed by atoms with van der Waals surface area (Å²) in [6.45, 7) is 0.369. The van der Waals surface area contributed by atoms with Crippen molar-refractivity contribution in [1.29, 1.82) is 0 Å². The Morgan fingerprint density at radius 2 is 2.33 bits per heavy atom. The lowest BCUT2D eigenvalue weighted by Crippen LogP contribution is -2.12. The van der Waals surface area contributed by atoms with Crippen LogP contribution in [-0.4, -0.2) is 35.4 Å². The predicted octanol–water partition coefficient (Wildman–Crippen LogP) is -0.720. The van der Waals surface area contributed by atoms with E-state index >= 15 is 0 Å². The van der Waals surface area contributed by atoms with E-state index in [2.05, 4.69) is 15.4 Å². The first-order chi connectivity index (χ1) is 7.30. The van der Waals surface area contributed by atoms with Crippen LogP contribution in [0.3, 0.4) is 0 Å². The zero-order valence-corrected chi connectivity index (χ0v) is 8.43.